The third-order valence-corrected chi connectivity index (χ3v) is 3.99. The van der Waals surface area contributed by atoms with E-state index in [-0.39, 0.29) is 30.0 Å². The molecule has 0 saturated carbocycles. The quantitative estimate of drug-likeness (QED) is 0.713. The van der Waals surface area contributed by atoms with Crippen LogP contribution in [0.2, 0.25) is 0 Å². The van der Waals surface area contributed by atoms with Crippen molar-refractivity contribution in [2.24, 2.45) is 11.8 Å². The van der Waals surface area contributed by atoms with Crippen molar-refractivity contribution in [1.82, 2.24) is 15.2 Å². The molecule has 1 N–H and O–H groups in total. The number of amides is 2. The van der Waals surface area contributed by atoms with Gasteiger partial charge in [0.15, 0.2) is 5.69 Å². The van der Waals surface area contributed by atoms with Crippen molar-refractivity contribution in [3.05, 3.63) is 47.7 Å². The number of methoxy groups -OCH3 is 1. The van der Waals surface area contributed by atoms with Crippen molar-refractivity contribution in [2.75, 3.05) is 20.2 Å². The molecular weight excluding hydrogens is 358 g/mol. The zero-order chi connectivity index (χ0) is 20.7. The van der Waals surface area contributed by atoms with Crippen LogP contribution < -0.4 is 10.1 Å². The summed E-state index contributed by atoms with van der Waals surface area (Å²) in [6.45, 7) is 9.41. The molecular formula is C21H29N3O4. The number of carbonyl (C=O) groups is 2. The topological polar surface area (TPSA) is 84.7 Å². The van der Waals surface area contributed by atoms with Gasteiger partial charge in [-0.1, -0.05) is 27.7 Å². The highest BCUT2D eigenvalue weighted by Crippen LogP contribution is 2.16. The number of nitrogens with one attached hydrogen (secondary N) is 1. The molecule has 28 heavy (non-hydrogen) atoms. The number of ether oxygens (including phenoxy) is 1. The lowest BCUT2D eigenvalue weighted by molar-refractivity contribution is 0.0706. The third kappa shape index (κ3) is 6.11. The van der Waals surface area contributed by atoms with E-state index in [9.17, 15) is 9.59 Å². The Labute approximate surface area is 166 Å². The summed E-state index contributed by atoms with van der Waals surface area (Å²) in [7, 11) is 1.58. The van der Waals surface area contributed by atoms with Gasteiger partial charge in [0.2, 0.25) is 5.89 Å². The molecule has 2 amide bonds. The zero-order valence-electron chi connectivity index (χ0n) is 17.2. The third-order valence-electron chi connectivity index (χ3n) is 3.99. The predicted octanol–water partition coefficient (Wildman–Crippen LogP) is 3.37. The van der Waals surface area contributed by atoms with E-state index in [1.165, 1.54) is 6.26 Å². The largest absolute Gasteiger partial charge is 0.497 e. The van der Waals surface area contributed by atoms with E-state index >= 15 is 0 Å². The summed E-state index contributed by atoms with van der Waals surface area (Å²) in [6, 6.07) is 6.97. The highest BCUT2D eigenvalue weighted by atomic mass is 16.5. The first-order valence-electron chi connectivity index (χ1n) is 9.46. The van der Waals surface area contributed by atoms with Crippen molar-refractivity contribution in [2.45, 2.75) is 34.2 Å². The molecule has 0 saturated heterocycles. The lowest BCUT2D eigenvalue weighted by atomic mass is 10.1. The van der Waals surface area contributed by atoms with Gasteiger partial charge >= 0.3 is 0 Å². The minimum absolute atomic E-state index is 0.125. The smallest absolute Gasteiger partial charge is 0.273 e. The Balaban J connectivity index is 2.11. The fraction of sp³-hybridized carbons (Fsp3) is 0.476. The molecule has 7 heteroatoms. The summed E-state index contributed by atoms with van der Waals surface area (Å²) in [5, 5.41) is 2.80. The maximum Gasteiger partial charge on any atom is 0.273 e. The second kappa shape index (κ2) is 9.92. The Morgan fingerprint density at radius 3 is 2.39 bits per heavy atom. The molecule has 0 radical (unpaired) electrons. The van der Waals surface area contributed by atoms with E-state index in [1.807, 2.05) is 27.7 Å². The maximum absolute atomic E-state index is 12.9. The molecule has 0 fully saturated rings. The second-order valence-corrected chi connectivity index (χ2v) is 7.54. The van der Waals surface area contributed by atoms with Gasteiger partial charge < -0.3 is 19.4 Å². The van der Waals surface area contributed by atoms with Crippen molar-refractivity contribution in [3.8, 4) is 5.75 Å². The minimum Gasteiger partial charge on any atom is -0.497 e. The first-order valence-corrected chi connectivity index (χ1v) is 9.46. The number of hydrogen-bond acceptors (Lipinski definition) is 5. The maximum atomic E-state index is 12.9. The molecule has 1 aromatic carbocycles. The number of benzene rings is 1. The molecule has 152 valence electrons. The lowest BCUT2D eigenvalue weighted by Crippen LogP contribution is -2.34. The van der Waals surface area contributed by atoms with Crippen molar-refractivity contribution in [1.29, 1.82) is 0 Å². The van der Waals surface area contributed by atoms with Gasteiger partial charge in [-0.2, -0.15) is 0 Å². The van der Waals surface area contributed by atoms with Gasteiger partial charge in [-0.3, -0.25) is 9.59 Å². The van der Waals surface area contributed by atoms with Crippen LogP contribution in [0.5, 0.6) is 5.75 Å². The van der Waals surface area contributed by atoms with Crippen molar-refractivity contribution >= 4 is 11.8 Å². The summed E-state index contributed by atoms with van der Waals surface area (Å²) in [5.74, 6) is 1.24. The molecule has 0 bridgehead atoms. The average molecular weight is 387 g/mol. The highest BCUT2D eigenvalue weighted by molar-refractivity contribution is 5.94. The number of oxazole rings is 1. The van der Waals surface area contributed by atoms with E-state index in [4.69, 9.17) is 9.15 Å². The standard InChI is InChI=1S/C21H29N3O4/c1-14(2)10-22-20(25)18-13-28-19(23-18)12-24(11-15(3)4)21(26)16-6-8-17(27-5)9-7-16/h6-9,13-15H,10-12H2,1-5H3,(H,22,25). The Morgan fingerprint density at radius 1 is 1.14 bits per heavy atom. The Kier molecular flexibility index (Phi) is 7.61. The molecule has 2 aromatic rings. The van der Waals surface area contributed by atoms with Gasteiger partial charge in [0, 0.05) is 18.7 Å². The summed E-state index contributed by atoms with van der Waals surface area (Å²) in [5.41, 5.74) is 0.778. The fourth-order valence-electron chi connectivity index (χ4n) is 2.61. The van der Waals surface area contributed by atoms with Gasteiger partial charge in [0.25, 0.3) is 11.8 Å². The van der Waals surface area contributed by atoms with Gasteiger partial charge in [-0.05, 0) is 36.1 Å². The van der Waals surface area contributed by atoms with Crippen LogP contribution in [0.15, 0.2) is 34.9 Å². The minimum atomic E-state index is -0.277. The normalized spacial score (nSPS) is 11.0. The lowest BCUT2D eigenvalue weighted by Gasteiger charge is -2.23. The van der Waals surface area contributed by atoms with Crippen LogP contribution in [-0.4, -0.2) is 41.9 Å². The molecule has 0 aliphatic carbocycles. The fourth-order valence-corrected chi connectivity index (χ4v) is 2.61. The van der Waals surface area contributed by atoms with E-state index in [0.717, 1.165) is 0 Å². The van der Waals surface area contributed by atoms with Crippen LogP contribution in [0.4, 0.5) is 0 Å². The molecule has 0 spiro atoms. The van der Waals surface area contributed by atoms with Gasteiger partial charge in [-0.25, -0.2) is 4.98 Å². The van der Waals surface area contributed by atoms with Crippen LogP contribution in [-0.2, 0) is 6.54 Å². The summed E-state index contributed by atoms with van der Waals surface area (Å²) in [6.07, 6.45) is 1.33. The summed E-state index contributed by atoms with van der Waals surface area (Å²) < 4.78 is 10.6. The van der Waals surface area contributed by atoms with E-state index in [1.54, 1.807) is 36.3 Å². The molecule has 1 heterocycles. The summed E-state index contributed by atoms with van der Waals surface area (Å²) in [4.78, 5) is 31.0. The number of nitrogens with zero attached hydrogens (tertiary/aromatic N) is 2. The van der Waals surface area contributed by atoms with Gasteiger partial charge in [-0.15, -0.1) is 0 Å². The van der Waals surface area contributed by atoms with Crippen LogP contribution in [0.3, 0.4) is 0 Å². The number of rotatable bonds is 9. The van der Waals surface area contributed by atoms with Crippen LogP contribution in [0.25, 0.3) is 0 Å². The molecule has 7 nitrogen and oxygen atoms in total. The summed E-state index contributed by atoms with van der Waals surface area (Å²) >= 11 is 0. The molecule has 1 aromatic heterocycles. The molecule has 0 unspecified atom stereocenters. The van der Waals surface area contributed by atoms with Crippen LogP contribution >= 0.6 is 0 Å². The number of hydrogen-bond donors (Lipinski definition) is 1. The van der Waals surface area contributed by atoms with Crippen LogP contribution in [0.1, 0.15) is 54.4 Å². The molecule has 0 atom stereocenters. The highest BCUT2D eigenvalue weighted by Gasteiger charge is 2.21. The number of carbonyl (C=O) groups excluding carboxylic acids is 2. The van der Waals surface area contributed by atoms with E-state index in [0.29, 0.717) is 36.2 Å². The monoisotopic (exact) mass is 387 g/mol. The average Bonchev–Trinajstić information content (AvgIpc) is 3.13. The van der Waals surface area contributed by atoms with Gasteiger partial charge in [0.05, 0.1) is 13.7 Å². The Morgan fingerprint density at radius 2 is 1.82 bits per heavy atom. The second-order valence-electron chi connectivity index (χ2n) is 7.54. The van der Waals surface area contributed by atoms with Crippen molar-refractivity contribution in [3.63, 3.8) is 0 Å². The van der Waals surface area contributed by atoms with Gasteiger partial charge in [0.1, 0.15) is 12.0 Å². The van der Waals surface area contributed by atoms with Crippen LogP contribution in [0, 0.1) is 11.8 Å². The Bertz CT molecular complexity index is 781. The van der Waals surface area contributed by atoms with E-state index in [2.05, 4.69) is 10.3 Å². The Hall–Kier alpha value is -2.83. The predicted molar refractivity (Wildman–Crippen MR) is 106 cm³/mol. The number of aromatic nitrogens is 1. The molecule has 0 aliphatic heterocycles. The molecule has 0 aliphatic rings. The zero-order valence-corrected chi connectivity index (χ0v) is 17.2. The first-order chi connectivity index (χ1) is 13.3. The first kappa shape index (κ1) is 21.5. The molecule has 2 rings (SSSR count). The SMILES string of the molecule is COc1ccc(C(=O)N(Cc2nc(C(=O)NCC(C)C)co2)CC(C)C)cc1. The van der Waals surface area contributed by atoms with E-state index < -0.39 is 0 Å². The van der Waals surface area contributed by atoms with Crippen molar-refractivity contribution < 1.29 is 18.7 Å².